The lowest BCUT2D eigenvalue weighted by Crippen LogP contribution is -2.17. The molecule has 4 aromatic carbocycles. The molecule has 0 spiro atoms. The molecule has 5 nitrogen and oxygen atoms in total. The maximum atomic E-state index is 12.5. The molecule has 0 unspecified atom stereocenters. The van der Waals surface area contributed by atoms with Crippen molar-refractivity contribution >= 4 is 33.8 Å². The Morgan fingerprint density at radius 3 is 2.47 bits per heavy atom. The van der Waals surface area contributed by atoms with Gasteiger partial charge in [-0.15, -0.1) is 0 Å². The molecule has 5 rings (SSSR count). The third-order valence-electron chi connectivity index (χ3n) is 5.84. The van der Waals surface area contributed by atoms with Gasteiger partial charge in [0.25, 0.3) is 5.91 Å². The molecule has 168 valence electrons. The van der Waals surface area contributed by atoms with Crippen molar-refractivity contribution in [3.05, 3.63) is 114 Å². The molecule has 0 saturated carbocycles. The molecule has 0 aliphatic carbocycles. The third-order valence-corrected chi connectivity index (χ3v) is 5.84. The van der Waals surface area contributed by atoms with Crippen molar-refractivity contribution in [3.8, 4) is 5.75 Å². The van der Waals surface area contributed by atoms with Crippen molar-refractivity contribution < 1.29 is 9.53 Å². The van der Waals surface area contributed by atoms with E-state index in [1.165, 1.54) is 16.3 Å². The minimum atomic E-state index is -0.265. The SMILES string of the molecule is CCOc1ccc(C(=O)N/N=C\c2cn(Cc3cccc4ccccc34)c3ccccc23)cc1. The first-order chi connectivity index (χ1) is 16.7. The van der Waals surface area contributed by atoms with Crippen LogP contribution >= 0.6 is 0 Å². The van der Waals surface area contributed by atoms with Crippen molar-refractivity contribution in [1.29, 1.82) is 0 Å². The lowest BCUT2D eigenvalue weighted by Gasteiger charge is -2.09. The van der Waals surface area contributed by atoms with Gasteiger partial charge in [-0.2, -0.15) is 5.10 Å². The highest BCUT2D eigenvalue weighted by atomic mass is 16.5. The molecule has 34 heavy (non-hydrogen) atoms. The largest absolute Gasteiger partial charge is 0.494 e. The summed E-state index contributed by atoms with van der Waals surface area (Å²) in [6, 6.07) is 30.1. The Morgan fingerprint density at radius 2 is 1.65 bits per heavy atom. The van der Waals surface area contributed by atoms with E-state index in [-0.39, 0.29) is 5.91 Å². The van der Waals surface area contributed by atoms with Crippen LogP contribution in [0.1, 0.15) is 28.4 Å². The van der Waals surface area contributed by atoms with Gasteiger partial charge in [-0.05, 0) is 53.6 Å². The number of hydrogen-bond acceptors (Lipinski definition) is 3. The fourth-order valence-electron chi connectivity index (χ4n) is 4.22. The summed E-state index contributed by atoms with van der Waals surface area (Å²) in [6.45, 7) is 3.26. The van der Waals surface area contributed by atoms with E-state index in [0.717, 1.165) is 28.8 Å². The quantitative estimate of drug-likeness (QED) is 0.246. The molecule has 1 heterocycles. The number of nitrogens with zero attached hydrogens (tertiary/aromatic N) is 2. The number of para-hydroxylation sites is 1. The molecule has 0 aliphatic heterocycles. The second-order valence-electron chi connectivity index (χ2n) is 8.02. The minimum absolute atomic E-state index is 0.265. The number of aromatic nitrogens is 1. The minimum Gasteiger partial charge on any atom is -0.494 e. The second-order valence-corrected chi connectivity index (χ2v) is 8.02. The summed E-state index contributed by atoms with van der Waals surface area (Å²) in [5.74, 6) is 0.473. The van der Waals surface area contributed by atoms with Crippen LogP contribution in [0.25, 0.3) is 21.7 Å². The van der Waals surface area contributed by atoms with Gasteiger partial charge >= 0.3 is 0 Å². The van der Waals surface area contributed by atoms with Gasteiger partial charge in [0.05, 0.1) is 12.8 Å². The number of hydrogen-bond donors (Lipinski definition) is 1. The Balaban J connectivity index is 1.38. The summed E-state index contributed by atoms with van der Waals surface area (Å²) in [4.78, 5) is 12.5. The van der Waals surface area contributed by atoms with Crippen molar-refractivity contribution in [2.75, 3.05) is 6.61 Å². The Kier molecular flexibility index (Phi) is 6.08. The highest BCUT2D eigenvalue weighted by Crippen LogP contribution is 2.24. The van der Waals surface area contributed by atoms with E-state index in [2.05, 4.69) is 75.9 Å². The smallest absolute Gasteiger partial charge is 0.271 e. The van der Waals surface area contributed by atoms with E-state index in [0.29, 0.717) is 12.2 Å². The zero-order valence-corrected chi connectivity index (χ0v) is 18.9. The van der Waals surface area contributed by atoms with Gasteiger partial charge in [0.2, 0.25) is 0 Å². The van der Waals surface area contributed by atoms with Crippen LogP contribution in [-0.4, -0.2) is 23.3 Å². The number of ether oxygens (including phenoxy) is 1. The first-order valence-electron chi connectivity index (χ1n) is 11.3. The molecule has 1 amide bonds. The van der Waals surface area contributed by atoms with Gasteiger partial charge in [-0.25, -0.2) is 5.43 Å². The van der Waals surface area contributed by atoms with Crippen LogP contribution in [-0.2, 0) is 6.54 Å². The molecule has 5 aromatic rings. The Morgan fingerprint density at radius 1 is 0.912 bits per heavy atom. The van der Waals surface area contributed by atoms with E-state index in [9.17, 15) is 4.79 Å². The lowest BCUT2D eigenvalue weighted by atomic mass is 10.0. The summed E-state index contributed by atoms with van der Waals surface area (Å²) in [6.07, 6.45) is 3.79. The summed E-state index contributed by atoms with van der Waals surface area (Å²) in [5, 5.41) is 7.80. The van der Waals surface area contributed by atoms with Gasteiger partial charge in [-0.1, -0.05) is 60.7 Å². The van der Waals surface area contributed by atoms with Gasteiger partial charge in [0.1, 0.15) is 5.75 Å². The van der Waals surface area contributed by atoms with E-state index < -0.39 is 0 Å². The van der Waals surface area contributed by atoms with Crippen LogP contribution < -0.4 is 10.2 Å². The predicted molar refractivity (Wildman–Crippen MR) is 138 cm³/mol. The summed E-state index contributed by atoms with van der Waals surface area (Å²) < 4.78 is 7.65. The third kappa shape index (κ3) is 4.41. The van der Waals surface area contributed by atoms with Crippen LogP contribution in [0.2, 0.25) is 0 Å². The zero-order chi connectivity index (χ0) is 23.3. The predicted octanol–water partition coefficient (Wildman–Crippen LogP) is 6.01. The topological polar surface area (TPSA) is 55.6 Å². The van der Waals surface area contributed by atoms with Crippen molar-refractivity contribution in [2.24, 2.45) is 5.10 Å². The molecule has 0 atom stereocenters. The molecule has 5 heteroatoms. The average Bonchev–Trinajstić information content (AvgIpc) is 3.22. The number of carbonyl (C=O) groups is 1. The lowest BCUT2D eigenvalue weighted by molar-refractivity contribution is 0.0955. The standard InChI is InChI=1S/C29H25N3O2/c1-2-34-25-16-14-22(15-17-25)29(33)31-30-18-24-20-32(28-13-6-5-12-27(24)28)19-23-10-7-9-21-8-3-4-11-26(21)23/h3-18,20H,2,19H2,1H3,(H,31,33)/b30-18-. The molecule has 1 aromatic heterocycles. The number of benzene rings is 4. The van der Waals surface area contributed by atoms with Crippen LogP contribution in [0.4, 0.5) is 0 Å². The monoisotopic (exact) mass is 447 g/mol. The normalized spacial score (nSPS) is 11.3. The highest BCUT2D eigenvalue weighted by Gasteiger charge is 2.09. The fraction of sp³-hybridized carbons (Fsp3) is 0.103. The van der Waals surface area contributed by atoms with Crippen molar-refractivity contribution in [2.45, 2.75) is 13.5 Å². The van der Waals surface area contributed by atoms with Crippen LogP contribution in [0, 0.1) is 0 Å². The second kappa shape index (κ2) is 9.63. The number of nitrogens with one attached hydrogen (secondary N) is 1. The zero-order valence-electron chi connectivity index (χ0n) is 18.9. The van der Waals surface area contributed by atoms with Crippen LogP contribution in [0.3, 0.4) is 0 Å². The van der Waals surface area contributed by atoms with Gasteiger partial charge in [-0.3, -0.25) is 4.79 Å². The number of fused-ring (bicyclic) bond motifs is 2. The van der Waals surface area contributed by atoms with E-state index in [1.54, 1.807) is 30.5 Å². The molecular weight excluding hydrogens is 422 g/mol. The van der Waals surface area contributed by atoms with Gasteiger partial charge in [0.15, 0.2) is 0 Å². The van der Waals surface area contributed by atoms with Crippen LogP contribution in [0.5, 0.6) is 5.75 Å². The maximum absolute atomic E-state index is 12.5. The summed E-state index contributed by atoms with van der Waals surface area (Å²) in [7, 11) is 0. The molecule has 0 radical (unpaired) electrons. The molecular formula is C29H25N3O2. The van der Waals surface area contributed by atoms with Crippen LogP contribution in [0.15, 0.2) is 102 Å². The number of carbonyl (C=O) groups excluding carboxylic acids is 1. The molecule has 0 saturated heterocycles. The summed E-state index contributed by atoms with van der Waals surface area (Å²) >= 11 is 0. The van der Waals surface area contributed by atoms with Crippen molar-refractivity contribution in [3.63, 3.8) is 0 Å². The molecule has 0 fully saturated rings. The highest BCUT2D eigenvalue weighted by molar-refractivity contribution is 6.00. The Bertz CT molecular complexity index is 1480. The molecule has 0 aliphatic rings. The first-order valence-corrected chi connectivity index (χ1v) is 11.3. The molecule has 0 bridgehead atoms. The van der Waals surface area contributed by atoms with Crippen molar-refractivity contribution in [1.82, 2.24) is 9.99 Å². The molecule has 1 N–H and O–H groups in total. The number of amides is 1. The van der Waals surface area contributed by atoms with Gasteiger partial charge < -0.3 is 9.30 Å². The van der Waals surface area contributed by atoms with E-state index >= 15 is 0 Å². The van der Waals surface area contributed by atoms with E-state index in [1.807, 2.05) is 19.1 Å². The number of rotatable bonds is 7. The average molecular weight is 448 g/mol. The Labute approximate surface area is 198 Å². The van der Waals surface area contributed by atoms with Gasteiger partial charge in [0, 0.05) is 34.8 Å². The van der Waals surface area contributed by atoms with E-state index in [4.69, 9.17) is 4.74 Å². The number of hydrazone groups is 1. The fourth-order valence-corrected chi connectivity index (χ4v) is 4.22. The summed E-state index contributed by atoms with van der Waals surface area (Å²) in [5.41, 5.74) is 6.48. The Hall–Kier alpha value is -4.38. The maximum Gasteiger partial charge on any atom is 0.271 e. The first kappa shape index (κ1) is 21.5.